The molecule has 0 saturated heterocycles. The van der Waals surface area contributed by atoms with Crippen LogP contribution in [0.3, 0.4) is 0 Å². The molecular formula is C10H15N2+. The third kappa shape index (κ3) is 2.38. The van der Waals surface area contributed by atoms with Gasteiger partial charge in [-0.25, -0.2) is 0 Å². The highest BCUT2D eigenvalue weighted by Gasteiger charge is 1.98. The van der Waals surface area contributed by atoms with Crippen molar-refractivity contribution in [1.29, 1.82) is 0 Å². The van der Waals surface area contributed by atoms with Crippen molar-refractivity contribution in [3.63, 3.8) is 0 Å². The Kier molecular flexibility index (Phi) is 2.86. The van der Waals surface area contributed by atoms with Crippen molar-refractivity contribution in [2.24, 2.45) is 5.73 Å². The number of nitrogens with two attached hydrogens (primary N) is 2. The van der Waals surface area contributed by atoms with Crippen LogP contribution < -0.4 is 11.1 Å². The van der Waals surface area contributed by atoms with E-state index >= 15 is 0 Å². The van der Waals surface area contributed by atoms with Crippen LogP contribution in [0.4, 0.5) is 0 Å². The molecule has 64 valence electrons. The van der Waals surface area contributed by atoms with Crippen LogP contribution in [0.5, 0.6) is 0 Å². The number of amidine groups is 1. The average Bonchev–Trinajstić information content (AvgIpc) is 2.05. The zero-order chi connectivity index (χ0) is 8.97. The summed E-state index contributed by atoms with van der Waals surface area (Å²) >= 11 is 0. The maximum atomic E-state index is 5.39. The molecule has 1 rings (SSSR count). The fourth-order valence-electron chi connectivity index (χ4n) is 1.13. The Hall–Kier alpha value is -1.31. The van der Waals surface area contributed by atoms with Crippen molar-refractivity contribution in [2.45, 2.75) is 19.8 Å². The minimum Gasteiger partial charge on any atom is -0.291 e. The zero-order valence-corrected chi connectivity index (χ0v) is 7.38. The summed E-state index contributed by atoms with van der Waals surface area (Å²) in [6.07, 6.45) is 1.74. The Bertz CT molecular complexity index is 262. The van der Waals surface area contributed by atoms with Crippen molar-refractivity contribution >= 4 is 5.84 Å². The lowest BCUT2D eigenvalue weighted by molar-refractivity contribution is -0.117. The first kappa shape index (κ1) is 8.78. The highest BCUT2D eigenvalue weighted by Crippen LogP contribution is 2.04. The van der Waals surface area contributed by atoms with Crippen molar-refractivity contribution in [3.8, 4) is 0 Å². The third-order valence-electron chi connectivity index (χ3n) is 1.84. The topological polar surface area (TPSA) is 51.6 Å². The molecule has 0 saturated carbocycles. The summed E-state index contributed by atoms with van der Waals surface area (Å²) < 4.78 is 0. The summed E-state index contributed by atoms with van der Waals surface area (Å²) in [6, 6.07) is 8.35. The lowest BCUT2D eigenvalue weighted by Gasteiger charge is -1.98. The van der Waals surface area contributed by atoms with E-state index in [1.807, 2.05) is 0 Å². The van der Waals surface area contributed by atoms with Gasteiger partial charge in [-0.2, -0.15) is 0 Å². The molecule has 0 aliphatic rings. The summed E-state index contributed by atoms with van der Waals surface area (Å²) in [5, 5.41) is 5.39. The van der Waals surface area contributed by atoms with Crippen molar-refractivity contribution in [2.75, 3.05) is 0 Å². The second kappa shape index (κ2) is 3.90. The van der Waals surface area contributed by atoms with Gasteiger partial charge in [-0.3, -0.25) is 11.1 Å². The lowest BCUT2D eigenvalue weighted by atomic mass is 10.1. The normalized spacial score (nSPS) is 9.75. The van der Waals surface area contributed by atoms with E-state index < -0.39 is 0 Å². The number of hydrogen-bond acceptors (Lipinski definition) is 0. The van der Waals surface area contributed by atoms with Crippen molar-refractivity contribution < 1.29 is 5.41 Å². The number of aryl methyl sites for hydroxylation is 1. The van der Waals surface area contributed by atoms with Crippen LogP contribution in [-0.2, 0) is 12.8 Å². The molecule has 0 fully saturated rings. The van der Waals surface area contributed by atoms with Crippen LogP contribution in [0.1, 0.15) is 18.1 Å². The molecule has 0 heterocycles. The van der Waals surface area contributed by atoms with Gasteiger partial charge in [0.1, 0.15) is 0 Å². The summed E-state index contributed by atoms with van der Waals surface area (Å²) in [5.74, 6) is 0.472. The predicted molar refractivity (Wildman–Crippen MR) is 50.6 cm³/mol. The average molecular weight is 163 g/mol. The smallest absolute Gasteiger partial charge is 0.242 e. The molecule has 1 aromatic carbocycles. The van der Waals surface area contributed by atoms with Crippen LogP contribution in [0.25, 0.3) is 0 Å². The standard InChI is InChI=1S/C10H14N2/c1-2-8-3-5-9(6-4-8)7-10(11)12/h3-6H,2,7H2,1H3,(H3,11,12)/p+1. The van der Waals surface area contributed by atoms with Gasteiger partial charge in [0.05, 0.1) is 6.42 Å². The SMILES string of the molecule is CCc1ccc(CC(N)=[NH2+])cc1. The molecule has 0 aliphatic carbocycles. The van der Waals surface area contributed by atoms with Crippen LogP contribution in [0, 0.1) is 0 Å². The molecular weight excluding hydrogens is 148 g/mol. The Morgan fingerprint density at radius 2 is 1.75 bits per heavy atom. The molecule has 0 spiro atoms. The van der Waals surface area contributed by atoms with Gasteiger partial charge in [0.15, 0.2) is 0 Å². The first-order valence-corrected chi connectivity index (χ1v) is 4.17. The summed E-state index contributed by atoms with van der Waals surface area (Å²) in [7, 11) is 0. The van der Waals surface area contributed by atoms with Crippen molar-refractivity contribution in [1.82, 2.24) is 0 Å². The van der Waals surface area contributed by atoms with Crippen LogP contribution in [0.15, 0.2) is 24.3 Å². The molecule has 12 heavy (non-hydrogen) atoms. The monoisotopic (exact) mass is 163 g/mol. The van der Waals surface area contributed by atoms with E-state index in [1.165, 1.54) is 11.1 Å². The second-order valence-corrected chi connectivity index (χ2v) is 2.92. The van der Waals surface area contributed by atoms with Crippen LogP contribution >= 0.6 is 0 Å². The Labute approximate surface area is 72.9 Å². The first-order valence-electron chi connectivity index (χ1n) is 4.17. The Balaban J connectivity index is 2.71. The minimum absolute atomic E-state index is 0.472. The molecule has 0 amide bonds. The van der Waals surface area contributed by atoms with Crippen LogP contribution in [0.2, 0.25) is 0 Å². The fourth-order valence-corrected chi connectivity index (χ4v) is 1.13. The minimum atomic E-state index is 0.472. The fraction of sp³-hybridized carbons (Fsp3) is 0.300. The summed E-state index contributed by atoms with van der Waals surface area (Å²) in [5.41, 5.74) is 7.90. The van der Waals surface area contributed by atoms with Crippen molar-refractivity contribution in [3.05, 3.63) is 35.4 Å². The van der Waals surface area contributed by atoms with Gasteiger partial charge in [-0.15, -0.1) is 0 Å². The molecule has 0 aliphatic heterocycles. The molecule has 0 radical (unpaired) electrons. The molecule has 4 N–H and O–H groups in total. The van der Waals surface area contributed by atoms with Gasteiger partial charge < -0.3 is 0 Å². The van der Waals surface area contributed by atoms with E-state index in [1.54, 1.807) is 0 Å². The zero-order valence-electron chi connectivity index (χ0n) is 7.38. The molecule has 1 aromatic rings. The second-order valence-electron chi connectivity index (χ2n) is 2.92. The lowest BCUT2D eigenvalue weighted by Crippen LogP contribution is -2.46. The maximum absolute atomic E-state index is 5.39. The highest BCUT2D eigenvalue weighted by molar-refractivity contribution is 5.76. The van der Waals surface area contributed by atoms with Gasteiger partial charge in [0.2, 0.25) is 5.84 Å². The predicted octanol–water partition coefficient (Wildman–Crippen LogP) is -0.0922. The van der Waals surface area contributed by atoms with E-state index in [0.29, 0.717) is 12.3 Å². The quantitative estimate of drug-likeness (QED) is 0.475. The number of benzene rings is 1. The Morgan fingerprint density at radius 3 is 2.17 bits per heavy atom. The van der Waals surface area contributed by atoms with Gasteiger partial charge in [0.25, 0.3) is 0 Å². The largest absolute Gasteiger partial charge is 0.291 e. The highest BCUT2D eigenvalue weighted by atomic mass is 14.7. The number of hydrogen-bond donors (Lipinski definition) is 2. The van der Waals surface area contributed by atoms with E-state index in [0.717, 1.165) is 6.42 Å². The molecule has 0 aromatic heterocycles. The van der Waals surface area contributed by atoms with E-state index in [2.05, 4.69) is 31.2 Å². The van der Waals surface area contributed by atoms with Gasteiger partial charge in [0, 0.05) is 0 Å². The molecule has 0 bridgehead atoms. The maximum Gasteiger partial charge on any atom is 0.242 e. The molecule has 2 heteroatoms. The molecule has 2 nitrogen and oxygen atoms in total. The van der Waals surface area contributed by atoms with E-state index in [4.69, 9.17) is 11.1 Å². The van der Waals surface area contributed by atoms with E-state index in [-0.39, 0.29) is 0 Å². The summed E-state index contributed by atoms with van der Waals surface area (Å²) in [6.45, 7) is 2.14. The first-order chi connectivity index (χ1) is 5.72. The van der Waals surface area contributed by atoms with E-state index in [9.17, 15) is 0 Å². The molecule has 0 unspecified atom stereocenters. The number of rotatable bonds is 3. The molecule has 0 atom stereocenters. The van der Waals surface area contributed by atoms with Gasteiger partial charge in [-0.05, 0) is 17.5 Å². The van der Waals surface area contributed by atoms with Gasteiger partial charge in [-0.1, -0.05) is 31.2 Å². The summed E-state index contributed by atoms with van der Waals surface area (Å²) in [4.78, 5) is 0. The Morgan fingerprint density at radius 1 is 1.25 bits per heavy atom. The third-order valence-corrected chi connectivity index (χ3v) is 1.84. The van der Waals surface area contributed by atoms with Crippen LogP contribution in [-0.4, -0.2) is 5.84 Å². The van der Waals surface area contributed by atoms with Gasteiger partial charge >= 0.3 is 0 Å².